The standard InChI is InChI=1S/C9H12N2O3/c1-6-4-10-5-11-9(6)14-7(2)3-8(12)13/h4-5,7H,3H2,1-2H3,(H,12,13). The number of carboxylic acids is 1. The highest BCUT2D eigenvalue weighted by molar-refractivity contribution is 5.67. The van der Waals surface area contributed by atoms with Gasteiger partial charge in [0, 0.05) is 11.8 Å². The quantitative estimate of drug-likeness (QED) is 0.778. The Hall–Kier alpha value is -1.65. The second-order valence-corrected chi connectivity index (χ2v) is 3.04. The number of rotatable bonds is 4. The number of aromatic nitrogens is 2. The molecule has 1 rings (SSSR count). The Kier molecular flexibility index (Phi) is 3.39. The van der Waals surface area contributed by atoms with Crippen molar-refractivity contribution in [3.8, 4) is 5.88 Å². The molecule has 76 valence electrons. The van der Waals surface area contributed by atoms with E-state index >= 15 is 0 Å². The van der Waals surface area contributed by atoms with Crippen molar-refractivity contribution in [1.29, 1.82) is 0 Å². The van der Waals surface area contributed by atoms with Gasteiger partial charge in [0.2, 0.25) is 5.88 Å². The molecule has 0 aliphatic heterocycles. The maximum Gasteiger partial charge on any atom is 0.307 e. The van der Waals surface area contributed by atoms with Gasteiger partial charge in [-0.15, -0.1) is 0 Å². The van der Waals surface area contributed by atoms with E-state index in [0.717, 1.165) is 5.56 Å². The lowest BCUT2D eigenvalue weighted by Gasteiger charge is -2.12. The van der Waals surface area contributed by atoms with Gasteiger partial charge in [-0.3, -0.25) is 4.79 Å². The lowest BCUT2D eigenvalue weighted by Crippen LogP contribution is -2.17. The zero-order chi connectivity index (χ0) is 10.6. The normalized spacial score (nSPS) is 12.1. The van der Waals surface area contributed by atoms with E-state index in [1.165, 1.54) is 6.33 Å². The van der Waals surface area contributed by atoms with Crippen molar-refractivity contribution in [3.05, 3.63) is 18.1 Å². The predicted molar refractivity (Wildman–Crippen MR) is 49.1 cm³/mol. The van der Waals surface area contributed by atoms with Crippen LogP contribution < -0.4 is 4.74 Å². The van der Waals surface area contributed by atoms with Crippen LogP contribution in [-0.4, -0.2) is 27.1 Å². The van der Waals surface area contributed by atoms with Crippen molar-refractivity contribution < 1.29 is 14.6 Å². The van der Waals surface area contributed by atoms with Crippen LogP contribution in [0.25, 0.3) is 0 Å². The number of ether oxygens (including phenoxy) is 1. The molecule has 5 nitrogen and oxygen atoms in total. The van der Waals surface area contributed by atoms with Gasteiger partial charge >= 0.3 is 5.97 Å². The highest BCUT2D eigenvalue weighted by atomic mass is 16.5. The molecule has 0 amide bonds. The van der Waals surface area contributed by atoms with E-state index in [2.05, 4.69) is 9.97 Å². The van der Waals surface area contributed by atoms with Gasteiger partial charge in [-0.05, 0) is 13.8 Å². The summed E-state index contributed by atoms with van der Waals surface area (Å²) in [7, 11) is 0. The van der Waals surface area contributed by atoms with Crippen LogP contribution in [0, 0.1) is 6.92 Å². The second kappa shape index (κ2) is 4.55. The summed E-state index contributed by atoms with van der Waals surface area (Å²) in [5, 5.41) is 8.52. The summed E-state index contributed by atoms with van der Waals surface area (Å²) < 4.78 is 5.32. The largest absolute Gasteiger partial charge is 0.481 e. The van der Waals surface area contributed by atoms with Crippen LogP contribution in [0.3, 0.4) is 0 Å². The zero-order valence-electron chi connectivity index (χ0n) is 8.10. The van der Waals surface area contributed by atoms with Gasteiger partial charge < -0.3 is 9.84 Å². The summed E-state index contributed by atoms with van der Waals surface area (Å²) in [6.45, 7) is 3.50. The van der Waals surface area contributed by atoms with Gasteiger partial charge in [-0.1, -0.05) is 0 Å². The molecule has 5 heteroatoms. The number of nitrogens with zero attached hydrogens (tertiary/aromatic N) is 2. The van der Waals surface area contributed by atoms with E-state index in [0.29, 0.717) is 5.88 Å². The topological polar surface area (TPSA) is 72.3 Å². The Morgan fingerprint density at radius 1 is 1.71 bits per heavy atom. The third-order valence-electron chi connectivity index (χ3n) is 1.62. The smallest absolute Gasteiger partial charge is 0.307 e. The molecule has 1 atom stereocenters. The van der Waals surface area contributed by atoms with Crippen LogP contribution >= 0.6 is 0 Å². The predicted octanol–water partition coefficient (Wildman–Crippen LogP) is 1.03. The first-order chi connectivity index (χ1) is 6.59. The Morgan fingerprint density at radius 3 is 3.00 bits per heavy atom. The van der Waals surface area contributed by atoms with E-state index in [1.54, 1.807) is 13.1 Å². The van der Waals surface area contributed by atoms with Crippen LogP contribution in [0.2, 0.25) is 0 Å². The minimum absolute atomic E-state index is 0.0383. The molecule has 0 saturated heterocycles. The molecule has 0 radical (unpaired) electrons. The third-order valence-corrected chi connectivity index (χ3v) is 1.62. The summed E-state index contributed by atoms with van der Waals surface area (Å²) in [6, 6.07) is 0. The molecule has 0 bridgehead atoms. The van der Waals surface area contributed by atoms with Crippen LogP contribution in [0.15, 0.2) is 12.5 Å². The van der Waals surface area contributed by atoms with Crippen molar-refractivity contribution in [1.82, 2.24) is 9.97 Å². The number of hydrogen-bond acceptors (Lipinski definition) is 4. The summed E-state index contributed by atoms with van der Waals surface area (Å²) in [5.41, 5.74) is 0.796. The van der Waals surface area contributed by atoms with E-state index in [4.69, 9.17) is 9.84 Å². The minimum Gasteiger partial charge on any atom is -0.481 e. The Morgan fingerprint density at radius 2 is 2.43 bits per heavy atom. The molecule has 0 aromatic carbocycles. The van der Waals surface area contributed by atoms with Gasteiger partial charge in [0.05, 0.1) is 6.42 Å². The zero-order valence-corrected chi connectivity index (χ0v) is 8.10. The highest BCUT2D eigenvalue weighted by Crippen LogP contribution is 2.13. The van der Waals surface area contributed by atoms with Crippen molar-refractivity contribution >= 4 is 5.97 Å². The van der Waals surface area contributed by atoms with E-state index in [-0.39, 0.29) is 12.5 Å². The summed E-state index contributed by atoms with van der Waals surface area (Å²) in [6.07, 6.45) is 2.57. The first-order valence-electron chi connectivity index (χ1n) is 4.24. The number of carbonyl (C=O) groups is 1. The van der Waals surface area contributed by atoms with Gasteiger partial charge in [-0.25, -0.2) is 9.97 Å². The Balaban J connectivity index is 2.60. The van der Waals surface area contributed by atoms with E-state index in [9.17, 15) is 4.79 Å². The fraction of sp³-hybridized carbons (Fsp3) is 0.444. The van der Waals surface area contributed by atoms with Gasteiger partial charge in [0.15, 0.2) is 0 Å². The van der Waals surface area contributed by atoms with Gasteiger partial charge in [-0.2, -0.15) is 0 Å². The summed E-state index contributed by atoms with van der Waals surface area (Å²) >= 11 is 0. The maximum absolute atomic E-state index is 10.4. The van der Waals surface area contributed by atoms with Crippen molar-refractivity contribution in [3.63, 3.8) is 0 Å². The van der Waals surface area contributed by atoms with Crippen molar-refractivity contribution in [2.24, 2.45) is 0 Å². The van der Waals surface area contributed by atoms with Crippen molar-refractivity contribution in [2.45, 2.75) is 26.4 Å². The molecule has 1 aromatic heterocycles. The number of aryl methyl sites for hydroxylation is 1. The molecule has 1 aromatic rings. The monoisotopic (exact) mass is 196 g/mol. The molecule has 1 N–H and O–H groups in total. The number of carboxylic acid groups (broad SMARTS) is 1. The SMILES string of the molecule is Cc1cncnc1OC(C)CC(=O)O. The molecule has 0 spiro atoms. The van der Waals surface area contributed by atoms with Crippen molar-refractivity contribution in [2.75, 3.05) is 0 Å². The summed E-state index contributed by atoms with van der Waals surface area (Å²) in [5.74, 6) is -0.446. The molecular formula is C9H12N2O3. The van der Waals surface area contributed by atoms with E-state index < -0.39 is 5.97 Å². The minimum atomic E-state index is -0.885. The first kappa shape index (κ1) is 10.4. The number of hydrogen-bond donors (Lipinski definition) is 1. The average Bonchev–Trinajstić information content (AvgIpc) is 2.07. The Labute approximate surface area is 81.8 Å². The summed E-state index contributed by atoms with van der Waals surface area (Å²) in [4.78, 5) is 18.1. The highest BCUT2D eigenvalue weighted by Gasteiger charge is 2.10. The van der Waals surface area contributed by atoms with Crippen LogP contribution in [-0.2, 0) is 4.79 Å². The van der Waals surface area contributed by atoms with Crippen LogP contribution in [0.4, 0.5) is 0 Å². The van der Waals surface area contributed by atoms with Crippen LogP contribution in [0.1, 0.15) is 18.9 Å². The fourth-order valence-electron chi connectivity index (χ4n) is 0.989. The molecule has 0 aliphatic rings. The van der Waals surface area contributed by atoms with E-state index in [1.807, 2.05) is 6.92 Å². The van der Waals surface area contributed by atoms with Gasteiger partial charge in [0.25, 0.3) is 0 Å². The second-order valence-electron chi connectivity index (χ2n) is 3.04. The molecule has 1 unspecified atom stereocenters. The molecule has 0 saturated carbocycles. The van der Waals surface area contributed by atoms with Gasteiger partial charge in [0.1, 0.15) is 12.4 Å². The van der Waals surface area contributed by atoms with Crippen LogP contribution in [0.5, 0.6) is 5.88 Å². The molecule has 14 heavy (non-hydrogen) atoms. The Bertz CT molecular complexity index is 328. The lowest BCUT2D eigenvalue weighted by molar-refractivity contribution is -0.138. The molecule has 1 heterocycles. The molecule has 0 aliphatic carbocycles. The maximum atomic E-state index is 10.4. The third kappa shape index (κ3) is 3.01. The number of aliphatic carboxylic acids is 1. The molecular weight excluding hydrogens is 184 g/mol. The lowest BCUT2D eigenvalue weighted by atomic mass is 10.3. The first-order valence-corrected chi connectivity index (χ1v) is 4.24. The molecule has 0 fully saturated rings. The average molecular weight is 196 g/mol. The fourth-order valence-corrected chi connectivity index (χ4v) is 0.989.